The van der Waals surface area contributed by atoms with Crippen LogP contribution in [0.5, 0.6) is 5.75 Å². The number of ether oxygens (including phenoxy) is 1. The second kappa shape index (κ2) is 7.29. The van der Waals surface area contributed by atoms with E-state index in [-0.39, 0.29) is 5.91 Å². The lowest BCUT2D eigenvalue weighted by molar-refractivity contribution is -0.138. The molecule has 0 N–H and O–H groups in total. The molecule has 1 aliphatic heterocycles. The summed E-state index contributed by atoms with van der Waals surface area (Å²) in [5, 5.41) is 0. The monoisotopic (exact) mass is 326 g/mol. The van der Waals surface area contributed by atoms with Gasteiger partial charge in [-0.1, -0.05) is 12.1 Å². The van der Waals surface area contributed by atoms with Gasteiger partial charge in [0.2, 0.25) is 5.95 Å². The normalized spacial score (nSPS) is 15.9. The van der Waals surface area contributed by atoms with Crippen molar-refractivity contribution in [1.29, 1.82) is 0 Å². The van der Waals surface area contributed by atoms with Gasteiger partial charge in [0.25, 0.3) is 5.91 Å². The number of hydrogen-bond donors (Lipinski definition) is 0. The molecule has 1 aliphatic rings. The molecule has 1 aromatic heterocycles. The molecule has 3 rings (SSSR count). The fraction of sp³-hybridized carbons (Fsp3) is 0.389. The van der Waals surface area contributed by atoms with Crippen molar-refractivity contribution in [1.82, 2.24) is 14.9 Å². The molecule has 0 radical (unpaired) electrons. The quantitative estimate of drug-likeness (QED) is 0.859. The average molecular weight is 326 g/mol. The minimum atomic E-state index is -0.494. The summed E-state index contributed by atoms with van der Waals surface area (Å²) < 4.78 is 5.79. The number of nitrogens with zero attached hydrogens (tertiary/aromatic N) is 4. The number of benzene rings is 1. The summed E-state index contributed by atoms with van der Waals surface area (Å²) in [4.78, 5) is 25.0. The van der Waals surface area contributed by atoms with Gasteiger partial charge in [-0.3, -0.25) is 4.79 Å². The van der Waals surface area contributed by atoms with Crippen molar-refractivity contribution >= 4 is 11.9 Å². The van der Waals surface area contributed by atoms with Gasteiger partial charge in [0.15, 0.2) is 6.10 Å². The van der Waals surface area contributed by atoms with E-state index in [0.29, 0.717) is 19.0 Å². The Labute approximate surface area is 142 Å². The number of amides is 1. The van der Waals surface area contributed by atoms with E-state index >= 15 is 0 Å². The van der Waals surface area contributed by atoms with E-state index in [1.165, 1.54) is 0 Å². The van der Waals surface area contributed by atoms with Crippen LogP contribution in [0, 0.1) is 6.92 Å². The Balaban J connectivity index is 1.55. The van der Waals surface area contributed by atoms with Crippen LogP contribution >= 0.6 is 0 Å². The Hall–Kier alpha value is -2.63. The minimum absolute atomic E-state index is 0.0186. The van der Waals surface area contributed by atoms with E-state index in [0.717, 1.165) is 24.4 Å². The second-order valence-corrected chi connectivity index (χ2v) is 5.94. The Bertz CT molecular complexity index is 684. The number of aryl methyl sites for hydroxylation is 1. The topological polar surface area (TPSA) is 58.6 Å². The van der Waals surface area contributed by atoms with Crippen molar-refractivity contribution in [2.75, 3.05) is 31.1 Å². The highest BCUT2D eigenvalue weighted by atomic mass is 16.5. The first-order valence-electron chi connectivity index (χ1n) is 8.17. The number of carbonyl (C=O) groups is 1. The highest BCUT2D eigenvalue weighted by molar-refractivity contribution is 5.81. The molecule has 6 nitrogen and oxygen atoms in total. The summed E-state index contributed by atoms with van der Waals surface area (Å²) in [6.07, 6.45) is 2.97. The Morgan fingerprint density at radius 1 is 1.12 bits per heavy atom. The van der Waals surface area contributed by atoms with E-state index in [1.54, 1.807) is 25.4 Å². The summed E-state index contributed by atoms with van der Waals surface area (Å²) >= 11 is 0. The Morgan fingerprint density at radius 3 is 2.50 bits per heavy atom. The van der Waals surface area contributed by atoms with Crippen LogP contribution in [-0.2, 0) is 4.79 Å². The van der Waals surface area contributed by atoms with Gasteiger partial charge in [0.1, 0.15) is 5.75 Å². The molecular formula is C18H22N4O2. The fourth-order valence-electron chi connectivity index (χ4n) is 2.78. The first kappa shape index (κ1) is 16.2. The number of anilines is 1. The van der Waals surface area contributed by atoms with Gasteiger partial charge in [0.05, 0.1) is 0 Å². The first-order chi connectivity index (χ1) is 11.6. The van der Waals surface area contributed by atoms with E-state index in [1.807, 2.05) is 36.1 Å². The summed E-state index contributed by atoms with van der Waals surface area (Å²) in [6.45, 7) is 6.57. The van der Waals surface area contributed by atoms with Crippen molar-refractivity contribution < 1.29 is 9.53 Å². The van der Waals surface area contributed by atoms with Crippen molar-refractivity contribution in [3.63, 3.8) is 0 Å². The van der Waals surface area contributed by atoms with Gasteiger partial charge in [0, 0.05) is 38.6 Å². The number of carbonyl (C=O) groups excluding carboxylic acids is 1. The van der Waals surface area contributed by atoms with Gasteiger partial charge in [-0.2, -0.15) is 0 Å². The zero-order valence-electron chi connectivity index (χ0n) is 14.1. The molecule has 2 heterocycles. The third kappa shape index (κ3) is 3.82. The molecule has 1 amide bonds. The maximum atomic E-state index is 12.6. The van der Waals surface area contributed by atoms with Gasteiger partial charge >= 0.3 is 0 Å². The van der Waals surface area contributed by atoms with Gasteiger partial charge in [-0.15, -0.1) is 0 Å². The van der Waals surface area contributed by atoms with Gasteiger partial charge < -0.3 is 14.5 Å². The maximum absolute atomic E-state index is 12.6. The van der Waals surface area contributed by atoms with Crippen LogP contribution in [-0.4, -0.2) is 53.1 Å². The van der Waals surface area contributed by atoms with Crippen molar-refractivity contribution in [3.05, 3.63) is 48.3 Å². The van der Waals surface area contributed by atoms with Crippen LogP contribution in [0.4, 0.5) is 5.95 Å². The first-order valence-corrected chi connectivity index (χ1v) is 8.17. The van der Waals surface area contributed by atoms with E-state index in [9.17, 15) is 4.79 Å². The SMILES string of the molecule is Cc1cccc(OC(C)C(=O)N2CCN(c3ncccn3)CC2)c1. The molecule has 2 aromatic rings. The molecule has 1 aromatic carbocycles. The molecule has 1 unspecified atom stereocenters. The second-order valence-electron chi connectivity index (χ2n) is 5.94. The zero-order valence-corrected chi connectivity index (χ0v) is 14.1. The Morgan fingerprint density at radius 2 is 1.83 bits per heavy atom. The van der Waals surface area contributed by atoms with Crippen LogP contribution < -0.4 is 9.64 Å². The van der Waals surface area contributed by atoms with E-state index in [2.05, 4.69) is 14.9 Å². The predicted octanol–water partition coefficient (Wildman–Crippen LogP) is 1.90. The number of aromatic nitrogens is 2. The van der Waals surface area contributed by atoms with Crippen molar-refractivity contribution in [2.45, 2.75) is 20.0 Å². The molecule has 1 saturated heterocycles. The summed E-state index contributed by atoms with van der Waals surface area (Å²) in [5.41, 5.74) is 1.11. The molecule has 0 bridgehead atoms. The Kier molecular flexibility index (Phi) is 4.93. The van der Waals surface area contributed by atoms with Crippen LogP contribution in [0.1, 0.15) is 12.5 Å². The van der Waals surface area contributed by atoms with Crippen LogP contribution in [0.2, 0.25) is 0 Å². The standard InChI is InChI=1S/C18H22N4O2/c1-14-5-3-6-16(13-14)24-15(2)17(23)21-9-11-22(12-10-21)18-19-7-4-8-20-18/h3-8,13,15H,9-12H2,1-2H3. The summed E-state index contributed by atoms with van der Waals surface area (Å²) in [7, 11) is 0. The number of hydrogen-bond acceptors (Lipinski definition) is 5. The highest BCUT2D eigenvalue weighted by Crippen LogP contribution is 2.16. The lowest BCUT2D eigenvalue weighted by atomic mass is 10.2. The van der Waals surface area contributed by atoms with Crippen molar-refractivity contribution in [2.24, 2.45) is 0 Å². The average Bonchev–Trinajstić information content (AvgIpc) is 2.62. The fourth-order valence-corrected chi connectivity index (χ4v) is 2.78. The number of rotatable bonds is 4. The lowest BCUT2D eigenvalue weighted by Crippen LogP contribution is -2.52. The minimum Gasteiger partial charge on any atom is -0.481 e. The van der Waals surface area contributed by atoms with Gasteiger partial charge in [-0.25, -0.2) is 9.97 Å². The van der Waals surface area contributed by atoms with Crippen LogP contribution in [0.15, 0.2) is 42.7 Å². The van der Waals surface area contributed by atoms with Crippen molar-refractivity contribution in [3.8, 4) is 5.75 Å². The molecule has 6 heteroatoms. The molecule has 0 aliphatic carbocycles. The number of piperazine rings is 1. The van der Waals surface area contributed by atoms with E-state index in [4.69, 9.17) is 4.74 Å². The van der Waals surface area contributed by atoms with Gasteiger partial charge in [-0.05, 0) is 37.6 Å². The molecule has 1 atom stereocenters. The molecule has 126 valence electrons. The highest BCUT2D eigenvalue weighted by Gasteiger charge is 2.26. The molecule has 24 heavy (non-hydrogen) atoms. The van der Waals surface area contributed by atoms with Crippen LogP contribution in [0.25, 0.3) is 0 Å². The molecule has 0 spiro atoms. The zero-order chi connectivity index (χ0) is 16.9. The van der Waals surface area contributed by atoms with E-state index < -0.39 is 6.10 Å². The third-order valence-corrected chi connectivity index (χ3v) is 4.08. The molecule has 1 fully saturated rings. The molecule has 0 saturated carbocycles. The smallest absolute Gasteiger partial charge is 0.263 e. The predicted molar refractivity (Wildman–Crippen MR) is 92.1 cm³/mol. The molecular weight excluding hydrogens is 304 g/mol. The lowest BCUT2D eigenvalue weighted by Gasteiger charge is -2.35. The maximum Gasteiger partial charge on any atom is 0.263 e. The summed E-state index contributed by atoms with van der Waals surface area (Å²) in [6, 6.07) is 9.55. The summed E-state index contributed by atoms with van der Waals surface area (Å²) in [5.74, 6) is 1.46. The third-order valence-electron chi connectivity index (χ3n) is 4.08. The largest absolute Gasteiger partial charge is 0.481 e. The van der Waals surface area contributed by atoms with Crippen LogP contribution in [0.3, 0.4) is 0 Å².